The van der Waals surface area contributed by atoms with Crippen molar-refractivity contribution in [1.82, 2.24) is 0 Å². The van der Waals surface area contributed by atoms with Crippen LogP contribution in [0.5, 0.6) is 0 Å². The number of benzene rings is 1. The van der Waals surface area contributed by atoms with E-state index in [0.717, 1.165) is 12.0 Å². The van der Waals surface area contributed by atoms with Crippen LogP contribution in [0.2, 0.25) is 0 Å². The molecule has 0 amide bonds. The van der Waals surface area contributed by atoms with Crippen molar-refractivity contribution in [3.8, 4) is 0 Å². The predicted molar refractivity (Wildman–Crippen MR) is 82.4 cm³/mol. The summed E-state index contributed by atoms with van der Waals surface area (Å²) < 4.78 is 5.98. The Morgan fingerprint density at radius 1 is 1.41 bits per heavy atom. The maximum absolute atomic E-state index is 10.9. The highest BCUT2D eigenvalue weighted by Gasteiger charge is 2.44. The lowest BCUT2D eigenvalue weighted by atomic mass is 9.65. The van der Waals surface area contributed by atoms with E-state index >= 15 is 0 Å². The number of hydrogen-bond donors (Lipinski definition) is 1. The van der Waals surface area contributed by atoms with E-state index in [1.54, 1.807) is 12.1 Å². The van der Waals surface area contributed by atoms with Crippen LogP contribution in [0.1, 0.15) is 38.4 Å². The van der Waals surface area contributed by atoms with Crippen molar-refractivity contribution in [2.45, 2.75) is 38.9 Å². The van der Waals surface area contributed by atoms with Crippen molar-refractivity contribution in [1.29, 1.82) is 0 Å². The van der Waals surface area contributed by atoms with E-state index in [9.17, 15) is 15.2 Å². The molecule has 3 atom stereocenters. The monoisotopic (exact) mass is 303 g/mol. The summed E-state index contributed by atoms with van der Waals surface area (Å²) in [6, 6.07) is 6.66. The lowest BCUT2D eigenvalue weighted by Gasteiger charge is -2.46. The second kappa shape index (κ2) is 5.48. The van der Waals surface area contributed by atoms with E-state index in [1.165, 1.54) is 11.6 Å². The first-order chi connectivity index (χ1) is 10.4. The van der Waals surface area contributed by atoms with Gasteiger partial charge in [-0.3, -0.25) is 10.1 Å². The van der Waals surface area contributed by atoms with Gasteiger partial charge in [0.25, 0.3) is 5.69 Å². The summed E-state index contributed by atoms with van der Waals surface area (Å²) in [5.74, 6) is 0.214. The standard InChI is InChI=1S/C17H21NO4/c1-17(2)14-10-22-15(9-11(14)6-7-16(17)19)12-4-3-5-13(8-12)18(20)21/h3-6,8,14-16,19H,7,9-10H2,1-2H3/t14-,15-,16+/m0/s1. The molecule has 5 heteroatoms. The molecule has 5 nitrogen and oxygen atoms in total. The van der Waals surface area contributed by atoms with Gasteiger partial charge in [0.1, 0.15) is 0 Å². The molecule has 1 aliphatic carbocycles. The van der Waals surface area contributed by atoms with Crippen LogP contribution in [0.25, 0.3) is 0 Å². The fourth-order valence-corrected chi connectivity index (χ4v) is 3.50. The molecule has 2 aliphatic rings. The van der Waals surface area contributed by atoms with Crippen LogP contribution in [-0.2, 0) is 4.74 Å². The maximum atomic E-state index is 10.9. The van der Waals surface area contributed by atoms with Crippen LogP contribution in [0.15, 0.2) is 35.9 Å². The zero-order valence-electron chi connectivity index (χ0n) is 12.9. The molecule has 0 spiro atoms. The van der Waals surface area contributed by atoms with Crippen LogP contribution < -0.4 is 0 Å². The number of non-ortho nitro benzene ring substituents is 1. The third-order valence-corrected chi connectivity index (χ3v) is 5.15. The fourth-order valence-electron chi connectivity index (χ4n) is 3.50. The number of rotatable bonds is 2. The minimum absolute atomic E-state index is 0.0941. The average Bonchev–Trinajstić information content (AvgIpc) is 2.51. The lowest BCUT2D eigenvalue weighted by Crippen LogP contribution is -2.44. The van der Waals surface area contributed by atoms with Gasteiger partial charge in [-0.05, 0) is 23.8 Å². The van der Waals surface area contributed by atoms with Gasteiger partial charge < -0.3 is 9.84 Å². The third-order valence-electron chi connectivity index (χ3n) is 5.15. The van der Waals surface area contributed by atoms with E-state index in [4.69, 9.17) is 4.74 Å². The third kappa shape index (κ3) is 2.55. The van der Waals surface area contributed by atoms with Gasteiger partial charge in [0, 0.05) is 18.1 Å². The molecule has 1 N–H and O–H groups in total. The fraction of sp³-hybridized carbons (Fsp3) is 0.529. The van der Waals surface area contributed by atoms with Gasteiger partial charge in [-0.25, -0.2) is 0 Å². The topological polar surface area (TPSA) is 72.6 Å². The Kier molecular flexibility index (Phi) is 3.78. The molecule has 0 bridgehead atoms. The molecule has 0 saturated carbocycles. The highest BCUT2D eigenvalue weighted by molar-refractivity contribution is 5.36. The van der Waals surface area contributed by atoms with Crippen LogP contribution in [-0.4, -0.2) is 22.7 Å². The molecule has 0 radical (unpaired) electrons. The van der Waals surface area contributed by atoms with Gasteiger partial charge in [-0.2, -0.15) is 0 Å². The second-order valence-electron chi connectivity index (χ2n) is 6.78. The molecule has 1 fully saturated rings. The van der Waals surface area contributed by atoms with Crippen LogP contribution >= 0.6 is 0 Å². The number of nitro benzene ring substituents is 1. The Bertz CT molecular complexity index is 623. The summed E-state index contributed by atoms with van der Waals surface area (Å²) in [5, 5.41) is 21.1. The van der Waals surface area contributed by atoms with Gasteiger partial charge in [0.2, 0.25) is 0 Å². The predicted octanol–water partition coefficient (Wildman–Crippen LogP) is 3.39. The minimum atomic E-state index is -0.380. The minimum Gasteiger partial charge on any atom is -0.392 e. The van der Waals surface area contributed by atoms with E-state index in [-0.39, 0.29) is 34.2 Å². The van der Waals surface area contributed by atoms with E-state index in [2.05, 4.69) is 19.9 Å². The maximum Gasteiger partial charge on any atom is 0.269 e. The first-order valence-electron chi connectivity index (χ1n) is 7.62. The zero-order valence-corrected chi connectivity index (χ0v) is 12.9. The average molecular weight is 303 g/mol. The van der Waals surface area contributed by atoms with Gasteiger partial charge in [-0.1, -0.05) is 37.6 Å². The number of aliphatic hydroxyl groups excluding tert-OH is 1. The summed E-state index contributed by atoms with van der Waals surface area (Å²) in [6.07, 6.45) is 3.03. The molecule has 3 rings (SSSR count). The van der Waals surface area contributed by atoms with E-state index in [0.29, 0.717) is 13.0 Å². The number of nitro groups is 1. The molecule has 118 valence electrons. The molecular formula is C17H21NO4. The second-order valence-corrected chi connectivity index (χ2v) is 6.78. The summed E-state index contributed by atoms with van der Waals surface area (Å²) in [6.45, 7) is 4.70. The molecule has 1 aromatic rings. The number of aliphatic hydroxyl groups is 1. The van der Waals surface area contributed by atoms with Gasteiger partial charge >= 0.3 is 0 Å². The first kappa shape index (κ1) is 15.2. The number of fused-ring (bicyclic) bond motifs is 1. The highest BCUT2D eigenvalue weighted by Crippen LogP contribution is 2.48. The van der Waals surface area contributed by atoms with Crippen molar-refractivity contribution in [3.05, 3.63) is 51.6 Å². The quantitative estimate of drug-likeness (QED) is 0.516. The summed E-state index contributed by atoms with van der Waals surface area (Å²) in [7, 11) is 0. The van der Waals surface area contributed by atoms with Gasteiger partial charge in [-0.15, -0.1) is 0 Å². The summed E-state index contributed by atoms with van der Waals surface area (Å²) in [5.41, 5.74) is 2.05. The lowest BCUT2D eigenvalue weighted by molar-refractivity contribution is -0.385. The smallest absolute Gasteiger partial charge is 0.269 e. The van der Waals surface area contributed by atoms with Crippen molar-refractivity contribution in [2.24, 2.45) is 11.3 Å². The van der Waals surface area contributed by atoms with Gasteiger partial charge in [0.05, 0.1) is 23.7 Å². The number of ether oxygens (including phenoxy) is 1. The largest absolute Gasteiger partial charge is 0.392 e. The van der Waals surface area contributed by atoms with Crippen LogP contribution in [0, 0.1) is 21.4 Å². The first-order valence-corrected chi connectivity index (χ1v) is 7.62. The molecule has 1 heterocycles. The van der Waals surface area contributed by atoms with Crippen molar-refractivity contribution < 1.29 is 14.8 Å². The summed E-state index contributed by atoms with van der Waals surface area (Å²) >= 11 is 0. The van der Waals surface area contributed by atoms with Crippen molar-refractivity contribution in [2.75, 3.05) is 6.61 Å². The molecule has 1 saturated heterocycles. The van der Waals surface area contributed by atoms with E-state index < -0.39 is 0 Å². The van der Waals surface area contributed by atoms with Crippen molar-refractivity contribution in [3.63, 3.8) is 0 Å². The molecular weight excluding hydrogens is 282 g/mol. The SMILES string of the molecule is CC1(C)[C@H](O)CC=C2C[C@@H](c3cccc([N+](=O)[O-])c3)OC[C@@H]21. The highest BCUT2D eigenvalue weighted by atomic mass is 16.6. The number of hydrogen-bond acceptors (Lipinski definition) is 4. The Labute approximate surface area is 129 Å². The van der Waals surface area contributed by atoms with Crippen molar-refractivity contribution >= 4 is 5.69 Å². The number of nitrogens with zero attached hydrogens (tertiary/aromatic N) is 1. The Balaban J connectivity index is 1.83. The zero-order chi connectivity index (χ0) is 15.9. The molecule has 0 unspecified atom stereocenters. The Morgan fingerprint density at radius 2 is 2.18 bits per heavy atom. The molecule has 22 heavy (non-hydrogen) atoms. The Morgan fingerprint density at radius 3 is 2.91 bits per heavy atom. The summed E-state index contributed by atoms with van der Waals surface area (Å²) in [4.78, 5) is 10.5. The van der Waals surface area contributed by atoms with Crippen LogP contribution in [0.3, 0.4) is 0 Å². The Hall–Kier alpha value is -1.72. The molecule has 0 aromatic heterocycles. The van der Waals surface area contributed by atoms with E-state index in [1.807, 2.05) is 6.07 Å². The van der Waals surface area contributed by atoms with Gasteiger partial charge in [0.15, 0.2) is 0 Å². The molecule has 1 aromatic carbocycles. The van der Waals surface area contributed by atoms with Crippen LogP contribution in [0.4, 0.5) is 5.69 Å². The normalized spacial score (nSPS) is 30.3. The molecule has 1 aliphatic heterocycles.